The number of nitrogens with one attached hydrogen (secondary N) is 2. The molecule has 6 heteroatoms. The van der Waals surface area contributed by atoms with E-state index in [0.29, 0.717) is 12.6 Å². The lowest BCUT2D eigenvalue weighted by molar-refractivity contribution is 0.0170. The average Bonchev–Trinajstić information content (AvgIpc) is 3.38. The molecule has 0 aliphatic carbocycles. The highest BCUT2D eigenvalue weighted by Gasteiger charge is 2.22. The molecule has 1 atom stereocenters. The van der Waals surface area contributed by atoms with Gasteiger partial charge < -0.3 is 15.4 Å². The molecule has 0 spiro atoms. The molecule has 6 nitrogen and oxygen atoms in total. The van der Waals surface area contributed by atoms with E-state index in [2.05, 4.69) is 82.0 Å². The van der Waals surface area contributed by atoms with Crippen molar-refractivity contribution in [2.24, 2.45) is 4.99 Å². The molecule has 0 bridgehead atoms. The molecule has 2 aliphatic heterocycles. The number of morpholine rings is 1. The Kier molecular flexibility index (Phi) is 9.16. The monoisotopic (exact) mass is 449 g/mol. The van der Waals surface area contributed by atoms with E-state index in [1.54, 1.807) is 0 Å². The lowest BCUT2D eigenvalue weighted by Gasteiger charge is -2.35. The summed E-state index contributed by atoms with van der Waals surface area (Å²) >= 11 is 0. The molecule has 2 N–H and O–H groups in total. The van der Waals surface area contributed by atoms with Crippen LogP contribution in [0.3, 0.4) is 0 Å². The van der Waals surface area contributed by atoms with Crippen molar-refractivity contribution in [1.82, 2.24) is 20.4 Å². The van der Waals surface area contributed by atoms with Crippen molar-refractivity contribution in [3.05, 3.63) is 71.3 Å². The third-order valence-corrected chi connectivity index (χ3v) is 6.53. The fraction of sp³-hybridized carbons (Fsp3) is 0.519. The van der Waals surface area contributed by atoms with Crippen LogP contribution in [-0.2, 0) is 17.8 Å². The van der Waals surface area contributed by atoms with Gasteiger partial charge in [-0.1, -0.05) is 54.6 Å². The topological polar surface area (TPSA) is 52.1 Å². The zero-order valence-corrected chi connectivity index (χ0v) is 20.0. The van der Waals surface area contributed by atoms with Crippen LogP contribution in [0.4, 0.5) is 0 Å². The van der Waals surface area contributed by atoms with Crippen molar-refractivity contribution in [2.75, 3.05) is 52.5 Å². The highest BCUT2D eigenvalue weighted by atomic mass is 16.5. The summed E-state index contributed by atoms with van der Waals surface area (Å²) in [6.45, 7) is 11.5. The Labute approximate surface area is 199 Å². The summed E-state index contributed by atoms with van der Waals surface area (Å²) in [7, 11) is 0. The summed E-state index contributed by atoms with van der Waals surface area (Å²) in [5.41, 5.74) is 3.97. The fourth-order valence-electron chi connectivity index (χ4n) is 4.68. The van der Waals surface area contributed by atoms with E-state index < -0.39 is 0 Å². The number of aliphatic imine (C=N–C) groups is 1. The Morgan fingerprint density at radius 1 is 0.909 bits per heavy atom. The molecule has 1 unspecified atom stereocenters. The summed E-state index contributed by atoms with van der Waals surface area (Å²) in [6, 6.07) is 20.0. The predicted molar refractivity (Wildman–Crippen MR) is 135 cm³/mol. The molecule has 178 valence electrons. The minimum absolute atomic E-state index is 0.295. The standard InChI is InChI=1S/C27H39N5O/c1-2-28-27(29-20-23-10-12-24(13-11-23)22-31-14-6-7-15-31)30-21-26(25-8-4-3-5-9-25)32-16-18-33-19-17-32/h3-5,8-13,26H,2,6-7,14-22H2,1H3,(H2,28,29,30). The quantitative estimate of drug-likeness (QED) is 0.454. The Balaban J connectivity index is 1.36. The Morgan fingerprint density at radius 2 is 1.61 bits per heavy atom. The van der Waals surface area contributed by atoms with E-state index in [1.165, 1.54) is 42.6 Å². The lowest BCUT2D eigenvalue weighted by Crippen LogP contribution is -2.46. The fourth-order valence-corrected chi connectivity index (χ4v) is 4.68. The normalized spacial score (nSPS) is 18.9. The average molecular weight is 450 g/mol. The Hall–Kier alpha value is -2.41. The molecule has 0 radical (unpaired) electrons. The van der Waals surface area contributed by atoms with Crippen LogP contribution in [-0.4, -0.2) is 68.2 Å². The maximum atomic E-state index is 5.58. The van der Waals surface area contributed by atoms with E-state index >= 15 is 0 Å². The molecule has 2 heterocycles. The molecule has 2 fully saturated rings. The van der Waals surface area contributed by atoms with Crippen LogP contribution in [0, 0.1) is 0 Å². The van der Waals surface area contributed by atoms with Crippen LogP contribution in [0.2, 0.25) is 0 Å². The molecular formula is C27H39N5O. The number of benzene rings is 2. The van der Waals surface area contributed by atoms with Gasteiger partial charge in [0.1, 0.15) is 0 Å². The Morgan fingerprint density at radius 3 is 2.30 bits per heavy atom. The smallest absolute Gasteiger partial charge is 0.191 e. The summed E-state index contributed by atoms with van der Waals surface area (Å²) in [6.07, 6.45) is 2.67. The van der Waals surface area contributed by atoms with Crippen LogP contribution in [0.15, 0.2) is 59.6 Å². The van der Waals surface area contributed by atoms with Crippen molar-refractivity contribution in [2.45, 2.75) is 38.9 Å². The molecule has 2 aromatic carbocycles. The van der Waals surface area contributed by atoms with Crippen molar-refractivity contribution in [3.63, 3.8) is 0 Å². The van der Waals surface area contributed by atoms with E-state index in [4.69, 9.17) is 9.73 Å². The minimum atomic E-state index is 0.295. The van der Waals surface area contributed by atoms with Crippen LogP contribution >= 0.6 is 0 Å². The molecule has 0 aromatic heterocycles. The van der Waals surface area contributed by atoms with Gasteiger partial charge in [-0.05, 0) is 49.5 Å². The summed E-state index contributed by atoms with van der Waals surface area (Å²) in [5, 5.41) is 7.01. The highest BCUT2D eigenvalue weighted by Crippen LogP contribution is 2.21. The lowest BCUT2D eigenvalue weighted by atomic mass is 10.0. The number of guanidine groups is 1. The number of ether oxygens (including phenoxy) is 1. The molecule has 0 saturated carbocycles. The molecule has 0 amide bonds. The van der Waals surface area contributed by atoms with E-state index in [-0.39, 0.29) is 0 Å². The van der Waals surface area contributed by atoms with Crippen molar-refractivity contribution < 1.29 is 4.74 Å². The van der Waals surface area contributed by atoms with Gasteiger partial charge in [0.05, 0.1) is 25.8 Å². The van der Waals surface area contributed by atoms with Crippen molar-refractivity contribution in [1.29, 1.82) is 0 Å². The molecule has 2 aromatic rings. The van der Waals surface area contributed by atoms with Gasteiger partial charge >= 0.3 is 0 Å². The molecule has 33 heavy (non-hydrogen) atoms. The second-order valence-electron chi connectivity index (χ2n) is 8.95. The van der Waals surface area contributed by atoms with Gasteiger partial charge in [0.15, 0.2) is 5.96 Å². The first kappa shape index (κ1) is 23.7. The SMILES string of the molecule is CCNC(=NCc1ccc(CN2CCCC2)cc1)NCC(c1ccccc1)N1CCOCC1. The van der Waals surface area contributed by atoms with Crippen LogP contribution in [0.5, 0.6) is 0 Å². The van der Waals surface area contributed by atoms with Crippen LogP contribution in [0.1, 0.15) is 42.5 Å². The van der Waals surface area contributed by atoms with Crippen molar-refractivity contribution in [3.8, 4) is 0 Å². The number of hydrogen-bond acceptors (Lipinski definition) is 4. The summed E-state index contributed by atoms with van der Waals surface area (Å²) in [4.78, 5) is 9.92. The zero-order valence-electron chi connectivity index (χ0n) is 20.0. The van der Waals surface area contributed by atoms with Gasteiger partial charge in [-0.2, -0.15) is 0 Å². The third-order valence-electron chi connectivity index (χ3n) is 6.53. The van der Waals surface area contributed by atoms with Gasteiger partial charge in [-0.25, -0.2) is 4.99 Å². The van der Waals surface area contributed by atoms with Gasteiger partial charge in [-0.3, -0.25) is 9.80 Å². The molecule has 2 aliphatic rings. The van der Waals surface area contributed by atoms with Gasteiger partial charge in [0.25, 0.3) is 0 Å². The zero-order chi connectivity index (χ0) is 22.7. The van der Waals surface area contributed by atoms with Gasteiger partial charge in [0.2, 0.25) is 0 Å². The maximum absolute atomic E-state index is 5.58. The second kappa shape index (κ2) is 12.7. The Bertz CT molecular complexity index is 843. The largest absolute Gasteiger partial charge is 0.379 e. The number of hydrogen-bond donors (Lipinski definition) is 2. The van der Waals surface area contributed by atoms with E-state index in [0.717, 1.165) is 51.9 Å². The molecular weight excluding hydrogens is 410 g/mol. The first-order chi connectivity index (χ1) is 16.3. The van der Waals surface area contributed by atoms with E-state index in [9.17, 15) is 0 Å². The van der Waals surface area contributed by atoms with Crippen LogP contribution in [0.25, 0.3) is 0 Å². The summed E-state index contributed by atoms with van der Waals surface area (Å²) in [5.74, 6) is 0.868. The predicted octanol–water partition coefficient (Wildman–Crippen LogP) is 3.41. The first-order valence-corrected chi connectivity index (χ1v) is 12.5. The first-order valence-electron chi connectivity index (χ1n) is 12.5. The summed E-state index contributed by atoms with van der Waals surface area (Å²) < 4.78 is 5.58. The van der Waals surface area contributed by atoms with Crippen LogP contribution < -0.4 is 10.6 Å². The number of likely N-dealkylation sites (tertiary alicyclic amines) is 1. The van der Waals surface area contributed by atoms with Crippen molar-refractivity contribution >= 4 is 5.96 Å². The molecule has 4 rings (SSSR count). The highest BCUT2D eigenvalue weighted by molar-refractivity contribution is 5.79. The number of nitrogens with zero attached hydrogens (tertiary/aromatic N) is 3. The molecule has 2 saturated heterocycles. The van der Waals surface area contributed by atoms with E-state index in [1.807, 2.05) is 0 Å². The number of rotatable bonds is 9. The second-order valence-corrected chi connectivity index (χ2v) is 8.95. The minimum Gasteiger partial charge on any atom is -0.379 e. The van der Waals surface area contributed by atoms with Gasteiger partial charge in [0, 0.05) is 32.7 Å². The third kappa shape index (κ3) is 7.29. The van der Waals surface area contributed by atoms with Gasteiger partial charge in [-0.15, -0.1) is 0 Å². The maximum Gasteiger partial charge on any atom is 0.191 e.